The summed E-state index contributed by atoms with van der Waals surface area (Å²) in [4.78, 5) is 0. The van der Waals surface area contributed by atoms with Crippen LogP contribution in [0.3, 0.4) is 0 Å². The van der Waals surface area contributed by atoms with Crippen molar-refractivity contribution >= 4 is 17.4 Å². The first-order valence-electron chi connectivity index (χ1n) is 0. The Labute approximate surface area is 68.0 Å². The summed E-state index contributed by atoms with van der Waals surface area (Å²) >= 11 is 0. The van der Waals surface area contributed by atoms with Crippen LogP contribution in [0.2, 0.25) is 0 Å². The summed E-state index contributed by atoms with van der Waals surface area (Å²) < 4.78 is 0. The maximum Gasteiger partial charge on any atom is 0 e. The smallest absolute Gasteiger partial charge is 0 e. The molecule has 0 amide bonds. The average Bonchev–Trinajstić information content (AvgIpc) is 0. The largest absolute Gasteiger partial charge is 0 e. The van der Waals surface area contributed by atoms with Crippen LogP contribution in [0.25, 0.3) is 0 Å². The molecular formula is AlCuFeMn. The molecule has 0 saturated carbocycles. The van der Waals surface area contributed by atoms with E-state index in [2.05, 4.69) is 0 Å². The molecule has 4 heavy (non-hydrogen) atoms. The molecule has 0 nitrogen and oxygen atoms in total. The van der Waals surface area contributed by atoms with Gasteiger partial charge in [-0.05, 0) is 0 Å². The topological polar surface area (TPSA) is 0 Å². The Morgan fingerprint density at radius 3 is 1.00 bits per heavy atom. The van der Waals surface area contributed by atoms with Gasteiger partial charge < -0.3 is 0 Å². The second kappa shape index (κ2) is 19.5. The molecule has 0 aromatic heterocycles. The minimum absolute atomic E-state index is 0. The van der Waals surface area contributed by atoms with Gasteiger partial charge >= 0.3 is 0 Å². The third kappa shape index (κ3) is 8.94. The Morgan fingerprint density at radius 1 is 1.00 bits per heavy atom. The summed E-state index contributed by atoms with van der Waals surface area (Å²) in [6, 6.07) is 0. The maximum absolute atomic E-state index is 0. The van der Waals surface area contributed by atoms with E-state index in [1.165, 1.54) is 0 Å². The predicted molar refractivity (Wildman–Crippen MR) is 5.75 cm³/mol. The van der Waals surface area contributed by atoms with Crippen molar-refractivity contribution in [2.45, 2.75) is 0 Å². The van der Waals surface area contributed by atoms with Crippen LogP contribution in [0.5, 0.6) is 0 Å². The van der Waals surface area contributed by atoms with Gasteiger partial charge in [-0.1, -0.05) is 0 Å². The summed E-state index contributed by atoms with van der Waals surface area (Å²) in [5.41, 5.74) is 0. The van der Waals surface area contributed by atoms with Crippen LogP contribution in [0.15, 0.2) is 0 Å². The Kier molecular flexibility index (Phi) is 176. The molecule has 0 aliphatic heterocycles. The van der Waals surface area contributed by atoms with E-state index in [4.69, 9.17) is 0 Å². The third-order valence-electron chi connectivity index (χ3n) is 0. The summed E-state index contributed by atoms with van der Waals surface area (Å²) in [7, 11) is 0. The first-order chi connectivity index (χ1) is 0. The molecule has 0 aromatic carbocycles. The van der Waals surface area contributed by atoms with Crippen LogP contribution in [0, 0.1) is 0 Å². The average molecular weight is 201 g/mol. The predicted octanol–water partition coefficient (Wildman–Crippen LogP) is -0.388. The zero-order valence-electron chi connectivity index (χ0n) is 1.61. The SMILES string of the molecule is [Al].[Cu].[Fe].[Mn]. The van der Waals surface area contributed by atoms with Crippen molar-refractivity contribution in [3.05, 3.63) is 0 Å². The summed E-state index contributed by atoms with van der Waals surface area (Å²) in [6.07, 6.45) is 0. The van der Waals surface area contributed by atoms with Crippen molar-refractivity contribution in [2.24, 2.45) is 0 Å². The van der Waals surface area contributed by atoms with Gasteiger partial charge in [-0.25, -0.2) is 0 Å². The maximum atomic E-state index is 0. The third-order valence-corrected chi connectivity index (χ3v) is 0. The Balaban J connectivity index is 0. The molecule has 0 fully saturated rings. The molecule has 0 aromatic rings. The Bertz CT molecular complexity index is 8.00. The van der Waals surface area contributed by atoms with E-state index in [0.29, 0.717) is 0 Å². The van der Waals surface area contributed by atoms with E-state index in [9.17, 15) is 0 Å². The fraction of sp³-hybridized carbons (Fsp3) is 0. The number of hydrogen-bond acceptors (Lipinski definition) is 0. The van der Waals surface area contributed by atoms with Gasteiger partial charge in [0.1, 0.15) is 0 Å². The van der Waals surface area contributed by atoms with Crippen molar-refractivity contribution in [1.29, 1.82) is 0 Å². The summed E-state index contributed by atoms with van der Waals surface area (Å²) in [6.45, 7) is 0. The number of rotatable bonds is 0. The number of hydrogen-bond donors (Lipinski definition) is 0. The van der Waals surface area contributed by atoms with Gasteiger partial charge in [0, 0.05) is 68.6 Å². The molecule has 0 N–H and O–H groups in total. The molecular weight excluding hydrogens is 201 g/mol. The van der Waals surface area contributed by atoms with Gasteiger partial charge in [0.05, 0.1) is 0 Å². The quantitative estimate of drug-likeness (QED) is 0.468. The molecule has 0 aliphatic carbocycles. The van der Waals surface area contributed by atoms with Crippen molar-refractivity contribution in [3.63, 3.8) is 0 Å². The van der Waals surface area contributed by atoms with E-state index < -0.39 is 0 Å². The monoisotopic (exact) mass is 201 g/mol. The molecule has 0 rings (SSSR count). The zero-order valence-corrected chi connectivity index (χ0v) is 5.99. The minimum atomic E-state index is 0. The molecule has 29 valence electrons. The molecule has 0 unspecified atom stereocenters. The summed E-state index contributed by atoms with van der Waals surface area (Å²) in [5.74, 6) is 0. The first-order valence-corrected chi connectivity index (χ1v) is 0. The van der Waals surface area contributed by atoms with E-state index in [1.807, 2.05) is 0 Å². The van der Waals surface area contributed by atoms with Gasteiger partial charge in [0.2, 0.25) is 0 Å². The second-order valence-electron chi connectivity index (χ2n) is 0. The fourth-order valence-corrected chi connectivity index (χ4v) is 0. The Hall–Kier alpha value is 2.09. The zero-order chi connectivity index (χ0) is 0. The van der Waals surface area contributed by atoms with Crippen molar-refractivity contribution in [1.82, 2.24) is 0 Å². The fourth-order valence-electron chi connectivity index (χ4n) is 0. The van der Waals surface area contributed by atoms with E-state index in [1.54, 1.807) is 0 Å². The van der Waals surface area contributed by atoms with Gasteiger partial charge in [0.15, 0.2) is 0 Å². The normalized spacial score (nSPS) is 0. The van der Waals surface area contributed by atoms with Crippen LogP contribution < -0.4 is 0 Å². The van der Waals surface area contributed by atoms with Crippen LogP contribution in [0.1, 0.15) is 0 Å². The molecule has 5 radical (unpaired) electrons. The van der Waals surface area contributed by atoms with E-state index in [-0.39, 0.29) is 68.6 Å². The molecule has 4 heteroatoms. The molecule has 0 spiro atoms. The van der Waals surface area contributed by atoms with Gasteiger partial charge in [-0.3, -0.25) is 0 Å². The second-order valence-corrected chi connectivity index (χ2v) is 0. The van der Waals surface area contributed by atoms with Crippen molar-refractivity contribution in [2.75, 3.05) is 0 Å². The van der Waals surface area contributed by atoms with Crippen LogP contribution in [-0.2, 0) is 51.2 Å². The molecule has 0 aliphatic rings. The summed E-state index contributed by atoms with van der Waals surface area (Å²) in [5, 5.41) is 0. The van der Waals surface area contributed by atoms with Crippen molar-refractivity contribution < 1.29 is 51.2 Å². The van der Waals surface area contributed by atoms with Gasteiger partial charge in [0.25, 0.3) is 0 Å². The van der Waals surface area contributed by atoms with Gasteiger partial charge in [-0.15, -0.1) is 0 Å². The Morgan fingerprint density at radius 2 is 1.00 bits per heavy atom. The van der Waals surface area contributed by atoms with Crippen molar-refractivity contribution in [3.8, 4) is 0 Å². The van der Waals surface area contributed by atoms with Crippen LogP contribution >= 0.6 is 0 Å². The molecule has 0 bridgehead atoms. The molecule has 0 saturated heterocycles. The van der Waals surface area contributed by atoms with E-state index >= 15 is 0 Å². The molecule has 0 heterocycles. The first kappa shape index (κ1) is 36.1. The minimum Gasteiger partial charge on any atom is 0 e. The van der Waals surface area contributed by atoms with Gasteiger partial charge in [-0.2, -0.15) is 0 Å². The van der Waals surface area contributed by atoms with Crippen LogP contribution in [0.4, 0.5) is 0 Å². The van der Waals surface area contributed by atoms with E-state index in [0.717, 1.165) is 0 Å². The standard InChI is InChI=1S/Al.Cu.Fe.Mn. The molecule has 0 atom stereocenters. The van der Waals surface area contributed by atoms with Crippen LogP contribution in [-0.4, -0.2) is 17.4 Å².